The van der Waals surface area contributed by atoms with Gasteiger partial charge in [0.05, 0.1) is 30.7 Å². The second-order valence-electron chi connectivity index (χ2n) is 7.19. The van der Waals surface area contributed by atoms with Crippen LogP contribution in [0.15, 0.2) is 47.4 Å². The van der Waals surface area contributed by atoms with Gasteiger partial charge in [0.1, 0.15) is 0 Å². The molecule has 1 aliphatic rings. The van der Waals surface area contributed by atoms with Gasteiger partial charge in [-0.15, -0.1) is 0 Å². The topological polar surface area (TPSA) is 93.1 Å². The molecule has 0 bridgehead atoms. The fraction of sp³-hybridized carbons (Fsp3) is 0.292. The number of aryl methyl sites for hydroxylation is 1. The Balaban J connectivity index is 1.75. The van der Waals surface area contributed by atoms with Crippen molar-refractivity contribution >= 4 is 40.6 Å². The van der Waals surface area contributed by atoms with Crippen molar-refractivity contribution in [2.45, 2.75) is 32.6 Å². The molecule has 1 N–H and O–H groups in total. The van der Waals surface area contributed by atoms with Crippen LogP contribution in [0.3, 0.4) is 0 Å². The van der Waals surface area contributed by atoms with Crippen molar-refractivity contribution in [1.82, 2.24) is 0 Å². The third-order valence-electron chi connectivity index (χ3n) is 4.87. The van der Waals surface area contributed by atoms with E-state index in [4.69, 9.17) is 14.6 Å². The molecule has 168 valence electrons. The molecule has 1 aliphatic heterocycles. The average Bonchev–Trinajstić information content (AvgIpc) is 3.06. The van der Waals surface area contributed by atoms with E-state index in [1.165, 1.54) is 17.6 Å². The van der Waals surface area contributed by atoms with E-state index in [9.17, 15) is 14.4 Å². The maximum absolute atomic E-state index is 12.9. The van der Waals surface area contributed by atoms with Crippen LogP contribution in [0.4, 0.5) is 10.5 Å². The van der Waals surface area contributed by atoms with Crippen LogP contribution in [-0.2, 0) is 16.0 Å². The SMILES string of the molecule is CCCCc1ccc(N2C(=O)S/C(=C/c3ccc(OCCC(=O)O)c(OC)c3)C2=O)cc1. The summed E-state index contributed by atoms with van der Waals surface area (Å²) in [5.41, 5.74) is 2.39. The molecule has 2 amide bonds. The minimum Gasteiger partial charge on any atom is -0.493 e. The predicted molar refractivity (Wildman–Crippen MR) is 124 cm³/mol. The van der Waals surface area contributed by atoms with E-state index in [0.29, 0.717) is 27.7 Å². The number of unbranched alkanes of at least 4 members (excludes halogenated alkanes) is 1. The number of imide groups is 1. The molecule has 0 spiro atoms. The summed E-state index contributed by atoms with van der Waals surface area (Å²) < 4.78 is 10.8. The number of carbonyl (C=O) groups is 3. The quantitative estimate of drug-likeness (QED) is 0.496. The third kappa shape index (κ3) is 5.70. The summed E-state index contributed by atoms with van der Waals surface area (Å²) in [5, 5.41) is 8.39. The van der Waals surface area contributed by atoms with Gasteiger partial charge in [-0.3, -0.25) is 14.4 Å². The maximum Gasteiger partial charge on any atom is 0.306 e. The number of hydrogen-bond acceptors (Lipinski definition) is 6. The first-order valence-electron chi connectivity index (χ1n) is 10.3. The Morgan fingerprint density at radius 2 is 1.88 bits per heavy atom. The number of carboxylic acids is 1. The van der Waals surface area contributed by atoms with E-state index in [1.54, 1.807) is 36.4 Å². The molecular weight excluding hydrogens is 430 g/mol. The molecule has 0 radical (unpaired) electrons. The molecule has 0 aliphatic carbocycles. The average molecular weight is 456 g/mol. The molecular formula is C24H25NO6S. The molecule has 1 heterocycles. The number of carboxylic acid groups (broad SMARTS) is 1. The highest BCUT2D eigenvalue weighted by atomic mass is 32.2. The van der Waals surface area contributed by atoms with Crippen molar-refractivity contribution in [3.63, 3.8) is 0 Å². The van der Waals surface area contributed by atoms with Gasteiger partial charge in [0.15, 0.2) is 11.5 Å². The number of hydrogen-bond donors (Lipinski definition) is 1. The van der Waals surface area contributed by atoms with Gasteiger partial charge in [0, 0.05) is 0 Å². The lowest BCUT2D eigenvalue weighted by atomic mass is 10.1. The standard InChI is InChI=1S/C24H25NO6S/c1-3-4-5-16-6-9-18(10-7-16)25-23(28)21(32-24(25)29)15-17-8-11-19(20(14-17)30-2)31-13-12-22(26)27/h6-11,14-15H,3-5,12-13H2,1-2H3,(H,26,27)/b21-15+. The number of thioether (sulfide) groups is 1. The number of amides is 2. The monoisotopic (exact) mass is 455 g/mol. The number of methoxy groups -OCH3 is 1. The number of anilines is 1. The van der Waals surface area contributed by atoms with Crippen LogP contribution >= 0.6 is 11.8 Å². The Kier molecular flexibility index (Phi) is 7.94. The van der Waals surface area contributed by atoms with Gasteiger partial charge >= 0.3 is 5.97 Å². The molecule has 0 saturated carbocycles. The van der Waals surface area contributed by atoms with E-state index in [-0.39, 0.29) is 24.2 Å². The predicted octanol–water partition coefficient (Wildman–Crippen LogP) is 5.13. The zero-order valence-electron chi connectivity index (χ0n) is 18.0. The van der Waals surface area contributed by atoms with Crippen LogP contribution < -0.4 is 14.4 Å². The zero-order chi connectivity index (χ0) is 23.1. The number of benzene rings is 2. The normalized spacial score (nSPS) is 14.8. The molecule has 32 heavy (non-hydrogen) atoms. The third-order valence-corrected chi connectivity index (χ3v) is 5.74. The van der Waals surface area contributed by atoms with Crippen molar-refractivity contribution < 1.29 is 29.0 Å². The molecule has 1 saturated heterocycles. The summed E-state index contributed by atoms with van der Waals surface area (Å²) in [7, 11) is 1.47. The van der Waals surface area contributed by atoms with Gasteiger partial charge in [-0.25, -0.2) is 4.90 Å². The summed E-state index contributed by atoms with van der Waals surface area (Å²) in [6, 6.07) is 12.5. The number of nitrogens with zero attached hydrogens (tertiary/aromatic N) is 1. The summed E-state index contributed by atoms with van der Waals surface area (Å²) in [4.78, 5) is 37.6. The molecule has 2 aromatic carbocycles. The van der Waals surface area contributed by atoms with E-state index < -0.39 is 5.97 Å². The highest BCUT2D eigenvalue weighted by Crippen LogP contribution is 2.37. The van der Waals surface area contributed by atoms with Gasteiger partial charge < -0.3 is 14.6 Å². The van der Waals surface area contributed by atoms with Crippen molar-refractivity contribution in [2.24, 2.45) is 0 Å². The maximum atomic E-state index is 12.9. The Morgan fingerprint density at radius 3 is 2.53 bits per heavy atom. The number of rotatable bonds is 10. The first-order valence-corrected chi connectivity index (χ1v) is 11.1. The summed E-state index contributed by atoms with van der Waals surface area (Å²) in [6.07, 6.45) is 4.67. The molecule has 8 heteroatoms. The van der Waals surface area contributed by atoms with Crippen LogP contribution in [0.2, 0.25) is 0 Å². The lowest BCUT2D eigenvalue weighted by molar-refractivity contribution is -0.137. The molecule has 2 aromatic rings. The first-order chi connectivity index (χ1) is 15.4. The van der Waals surface area contributed by atoms with Crippen molar-refractivity contribution in [2.75, 3.05) is 18.6 Å². The van der Waals surface area contributed by atoms with Crippen molar-refractivity contribution in [3.8, 4) is 11.5 Å². The highest BCUT2D eigenvalue weighted by Gasteiger charge is 2.36. The molecule has 0 aromatic heterocycles. The summed E-state index contributed by atoms with van der Waals surface area (Å²) in [5.74, 6) is -0.512. The Bertz CT molecular complexity index is 1030. The number of carbonyl (C=O) groups excluding carboxylic acids is 2. The van der Waals surface area contributed by atoms with Gasteiger partial charge in [0.2, 0.25) is 0 Å². The Morgan fingerprint density at radius 1 is 1.12 bits per heavy atom. The van der Waals surface area contributed by atoms with Crippen molar-refractivity contribution in [3.05, 3.63) is 58.5 Å². The second-order valence-corrected chi connectivity index (χ2v) is 8.18. The summed E-state index contributed by atoms with van der Waals surface area (Å²) in [6.45, 7) is 2.15. The zero-order valence-corrected chi connectivity index (χ0v) is 18.8. The molecule has 7 nitrogen and oxygen atoms in total. The van der Waals surface area contributed by atoms with Gasteiger partial charge in [-0.05, 0) is 66.1 Å². The minimum absolute atomic E-state index is 0.0150. The largest absolute Gasteiger partial charge is 0.493 e. The van der Waals surface area contributed by atoms with Crippen LogP contribution in [-0.4, -0.2) is 35.9 Å². The second kappa shape index (κ2) is 10.9. The fourth-order valence-corrected chi connectivity index (χ4v) is 4.02. The lowest BCUT2D eigenvalue weighted by Gasteiger charge is -2.13. The van der Waals surface area contributed by atoms with Gasteiger partial charge in [-0.2, -0.15) is 0 Å². The van der Waals surface area contributed by atoms with Crippen LogP contribution in [0.25, 0.3) is 6.08 Å². The molecule has 0 unspecified atom stereocenters. The van der Waals surface area contributed by atoms with E-state index in [1.807, 2.05) is 12.1 Å². The van der Waals surface area contributed by atoms with Crippen LogP contribution in [0.1, 0.15) is 37.3 Å². The smallest absolute Gasteiger partial charge is 0.306 e. The van der Waals surface area contributed by atoms with E-state index in [2.05, 4.69) is 6.92 Å². The van der Waals surface area contributed by atoms with Gasteiger partial charge in [-0.1, -0.05) is 31.5 Å². The number of ether oxygens (including phenoxy) is 2. The molecule has 1 fully saturated rings. The van der Waals surface area contributed by atoms with Crippen LogP contribution in [0, 0.1) is 0 Å². The summed E-state index contributed by atoms with van der Waals surface area (Å²) >= 11 is 0.885. The Labute approximate surface area is 191 Å². The highest BCUT2D eigenvalue weighted by molar-refractivity contribution is 8.19. The van der Waals surface area contributed by atoms with Crippen LogP contribution in [0.5, 0.6) is 11.5 Å². The Hall–Kier alpha value is -3.26. The fourth-order valence-electron chi connectivity index (χ4n) is 3.18. The van der Waals surface area contributed by atoms with E-state index >= 15 is 0 Å². The lowest BCUT2D eigenvalue weighted by Crippen LogP contribution is -2.27. The first kappa shape index (κ1) is 23.4. The van der Waals surface area contributed by atoms with E-state index in [0.717, 1.165) is 31.0 Å². The number of aliphatic carboxylic acids is 1. The molecule has 0 atom stereocenters. The minimum atomic E-state index is -0.952. The molecule has 3 rings (SSSR count). The van der Waals surface area contributed by atoms with Crippen molar-refractivity contribution in [1.29, 1.82) is 0 Å². The van der Waals surface area contributed by atoms with Gasteiger partial charge in [0.25, 0.3) is 11.1 Å².